The third-order valence-electron chi connectivity index (χ3n) is 2.83. The second-order valence-corrected chi connectivity index (χ2v) is 3.92. The van der Waals surface area contributed by atoms with Crippen LogP contribution in [0.5, 0.6) is 0 Å². The molecular formula is C9H14O3. The molecule has 2 unspecified atom stereocenters. The molecule has 3 nitrogen and oxygen atoms in total. The Morgan fingerprint density at radius 2 is 2.08 bits per heavy atom. The number of carboxylic acids is 1. The van der Waals surface area contributed by atoms with Crippen molar-refractivity contribution in [1.82, 2.24) is 0 Å². The summed E-state index contributed by atoms with van der Waals surface area (Å²) in [4.78, 5) is 21.7. The minimum atomic E-state index is -0.772. The highest BCUT2D eigenvalue weighted by Gasteiger charge is 2.42. The van der Waals surface area contributed by atoms with Gasteiger partial charge in [0.25, 0.3) is 0 Å². The van der Waals surface area contributed by atoms with Crippen molar-refractivity contribution in [2.45, 2.75) is 33.1 Å². The Kier molecular flexibility index (Phi) is 2.22. The van der Waals surface area contributed by atoms with Crippen molar-refractivity contribution in [3.05, 3.63) is 0 Å². The molecular weight excluding hydrogens is 156 g/mol. The number of Topliss-reactive ketones (excluding diaryl/α,β-unsaturated/α-hetero) is 1. The Hall–Kier alpha value is -0.860. The monoisotopic (exact) mass is 170 g/mol. The summed E-state index contributed by atoms with van der Waals surface area (Å²) >= 11 is 0. The Labute approximate surface area is 71.8 Å². The van der Waals surface area contributed by atoms with E-state index in [0.717, 1.165) is 6.42 Å². The molecule has 12 heavy (non-hydrogen) atoms. The molecule has 0 aromatic heterocycles. The molecule has 1 aliphatic carbocycles. The van der Waals surface area contributed by atoms with Crippen molar-refractivity contribution in [3.8, 4) is 0 Å². The molecule has 1 N–H and O–H groups in total. The van der Waals surface area contributed by atoms with E-state index in [4.69, 9.17) is 5.11 Å². The SMILES string of the molecule is CC(=O)C1CCC(C)(C(=O)O)C1. The number of hydrogen-bond donors (Lipinski definition) is 1. The van der Waals surface area contributed by atoms with Crippen molar-refractivity contribution in [1.29, 1.82) is 0 Å². The van der Waals surface area contributed by atoms with E-state index in [1.54, 1.807) is 6.92 Å². The molecule has 1 saturated carbocycles. The van der Waals surface area contributed by atoms with E-state index in [1.807, 2.05) is 0 Å². The number of aliphatic carboxylic acids is 1. The highest BCUT2D eigenvalue weighted by atomic mass is 16.4. The number of hydrogen-bond acceptors (Lipinski definition) is 2. The Balaban J connectivity index is 2.67. The summed E-state index contributed by atoms with van der Waals surface area (Å²) < 4.78 is 0. The Morgan fingerprint density at radius 3 is 2.33 bits per heavy atom. The molecule has 0 bridgehead atoms. The van der Waals surface area contributed by atoms with Gasteiger partial charge in [-0.15, -0.1) is 0 Å². The van der Waals surface area contributed by atoms with Crippen LogP contribution in [0.15, 0.2) is 0 Å². The molecule has 0 spiro atoms. The molecule has 0 amide bonds. The normalized spacial score (nSPS) is 35.0. The van der Waals surface area contributed by atoms with Crippen LogP contribution in [0.4, 0.5) is 0 Å². The summed E-state index contributed by atoms with van der Waals surface area (Å²) in [6.07, 6.45) is 1.88. The second-order valence-electron chi connectivity index (χ2n) is 3.92. The van der Waals surface area contributed by atoms with Gasteiger partial charge in [0, 0.05) is 5.92 Å². The molecule has 68 valence electrons. The van der Waals surface area contributed by atoms with Gasteiger partial charge in [0.1, 0.15) is 5.78 Å². The van der Waals surface area contributed by atoms with E-state index in [2.05, 4.69) is 0 Å². The maximum absolute atomic E-state index is 11.0. The molecule has 1 rings (SSSR count). The van der Waals surface area contributed by atoms with Crippen LogP contribution in [-0.4, -0.2) is 16.9 Å². The van der Waals surface area contributed by atoms with Crippen molar-refractivity contribution >= 4 is 11.8 Å². The number of carbonyl (C=O) groups excluding carboxylic acids is 1. The van der Waals surface area contributed by atoms with Crippen molar-refractivity contribution in [2.24, 2.45) is 11.3 Å². The van der Waals surface area contributed by atoms with E-state index >= 15 is 0 Å². The molecule has 0 radical (unpaired) electrons. The maximum Gasteiger partial charge on any atom is 0.309 e. The average molecular weight is 170 g/mol. The number of rotatable bonds is 2. The zero-order valence-corrected chi connectivity index (χ0v) is 7.46. The summed E-state index contributed by atoms with van der Waals surface area (Å²) in [6.45, 7) is 3.26. The van der Waals surface area contributed by atoms with E-state index in [9.17, 15) is 9.59 Å². The highest BCUT2D eigenvalue weighted by molar-refractivity contribution is 5.81. The predicted molar refractivity (Wildman–Crippen MR) is 43.8 cm³/mol. The van der Waals surface area contributed by atoms with Crippen LogP contribution in [-0.2, 0) is 9.59 Å². The van der Waals surface area contributed by atoms with E-state index in [-0.39, 0.29) is 11.7 Å². The lowest BCUT2D eigenvalue weighted by Crippen LogP contribution is -2.24. The van der Waals surface area contributed by atoms with Crippen molar-refractivity contribution < 1.29 is 14.7 Å². The standard InChI is InChI=1S/C9H14O3/c1-6(10)7-3-4-9(2,5-7)8(11)12/h7H,3-5H2,1-2H3,(H,11,12). The van der Waals surface area contributed by atoms with Gasteiger partial charge in [0.05, 0.1) is 5.41 Å². The Bertz CT molecular complexity index is 222. The summed E-state index contributed by atoms with van der Waals surface area (Å²) in [5.74, 6) is -0.669. The second kappa shape index (κ2) is 2.88. The molecule has 0 aliphatic heterocycles. The van der Waals surface area contributed by atoms with Crippen molar-refractivity contribution in [2.75, 3.05) is 0 Å². The van der Waals surface area contributed by atoms with Crippen LogP contribution in [0.1, 0.15) is 33.1 Å². The molecule has 2 atom stereocenters. The largest absolute Gasteiger partial charge is 0.481 e. The van der Waals surface area contributed by atoms with Gasteiger partial charge in [-0.05, 0) is 33.1 Å². The molecule has 0 saturated heterocycles. The fraction of sp³-hybridized carbons (Fsp3) is 0.778. The quantitative estimate of drug-likeness (QED) is 0.682. The van der Waals surface area contributed by atoms with Gasteiger partial charge >= 0.3 is 5.97 Å². The van der Waals surface area contributed by atoms with Crippen LogP contribution < -0.4 is 0 Å². The van der Waals surface area contributed by atoms with Crippen LogP contribution in [0.2, 0.25) is 0 Å². The van der Waals surface area contributed by atoms with Gasteiger partial charge in [-0.1, -0.05) is 0 Å². The molecule has 0 heterocycles. The first-order chi connectivity index (χ1) is 5.46. The number of ketones is 1. The lowest BCUT2D eigenvalue weighted by Gasteiger charge is -2.16. The van der Waals surface area contributed by atoms with Crippen molar-refractivity contribution in [3.63, 3.8) is 0 Å². The van der Waals surface area contributed by atoms with Crippen LogP contribution >= 0.6 is 0 Å². The molecule has 0 aromatic carbocycles. The fourth-order valence-electron chi connectivity index (χ4n) is 1.78. The minimum Gasteiger partial charge on any atom is -0.481 e. The first-order valence-corrected chi connectivity index (χ1v) is 4.19. The zero-order chi connectivity index (χ0) is 9.35. The summed E-state index contributed by atoms with van der Waals surface area (Å²) in [7, 11) is 0. The van der Waals surface area contributed by atoms with Gasteiger partial charge in [0.2, 0.25) is 0 Å². The minimum absolute atomic E-state index is 0.0221. The summed E-state index contributed by atoms with van der Waals surface area (Å²) in [5.41, 5.74) is -0.656. The van der Waals surface area contributed by atoms with E-state index in [0.29, 0.717) is 12.8 Å². The first kappa shape index (κ1) is 9.23. The van der Waals surface area contributed by atoms with Crippen LogP contribution in [0.3, 0.4) is 0 Å². The molecule has 0 aromatic rings. The first-order valence-electron chi connectivity index (χ1n) is 4.19. The molecule has 1 fully saturated rings. The number of carbonyl (C=O) groups is 2. The molecule has 3 heteroatoms. The third-order valence-corrected chi connectivity index (χ3v) is 2.83. The van der Waals surface area contributed by atoms with Gasteiger partial charge in [-0.2, -0.15) is 0 Å². The topological polar surface area (TPSA) is 54.4 Å². The predicted octanol–water partition coefficient (Wildman–Crippen LogP) is 1.47. The maximum atomic E-state index is 11.0. The Morgan fingerprint density at radius 1 is 1.50 bits per heavy atom. The van der Waals surface area contributed by atoms with Gasteiger partial charge < -0.3 is 5.11 Å². The van der Waals surface area contributed by atoms with Gasteiger partial charge in [0.15, 0.2) is 0 Å². The van der Waals surface area contributed by atoms with E-state index in [1.165, 1.54) is 6.92 Å². The summed E-state index contributed by atoms with van der Waals surface area (Å²) in [5, 5.41) is 8.86. The lowest BCUT2D eigenvalue weighted by molar-refractivity contribution is -0.147. The molecule has 1 aliphatic rings. The average Bonchev–Trinajstić information content (AvgIpc) is 2.33. The summed E-state index contributed by atoms with van der Waals surface area (Å²) in [6, 6.07) is 0. The zero-order valence-electron chi connectivity index (χ0n) is 7.46. The highest BCUT2D eigenvalue weighted by Crippen LogP contribution is 2.41. The van der Waals surface area contributed by atoms with E-state index < -0.39 is 11.4 Å². The number of carboxylic acid groups (broad SMARTS) is 1. The fourth-order valence-corrected chi connectivity index (χ4v) is 1.78. The third kappa shape index (κ3) is 1.49. The van der Waals surface area contributed by atoms with Crippen LogP contribution in [0, 0.1) is 11.3 Å². The lowest BCUT2D eigenvalue weighted by atomic mass is 9.87. The van der Waals surface area contributed by atoms with Crippen LogP contribution in [0.25, 0.3) is 0 Å². The smallest absolute Gasteiger partial charge is 0.309 e. The van der Waals surface area contributed by atoms with Gasteiger partial charge in [-0.3, -0.25) is 9.59 Å². The van der Waals surface area contributed by atoms with Gasteiger partial charge in [-0.25, -0.2) is 0 Å².